The van der Waals surface area contributed by atoms with E-state index in [1.165, 1.54) is 50.2 Å². The summed E-state index contributed by atoms with van der Waals surface area (Å²) in [6, 6.07) is 0. The molecule has 0 amide bonds. The second-order valence-electron chi connectivity index (χ2n) is 6.45. The van der Waals surface area contributed by atoms with Crippen LogP contribution in [0.2, 0.25) is 0 Å². The first-order valence-electron chi connectivity index (χ1n) is 9.58. The van der Waals surface area contributed by atoms with Gasteiger partial charge < -0.3 is 5.11 Å². The Morgan fingerprint density at radius 1 is 0.913 bits per heavy atom. The standard InChI is InChI=1S/C10H16O.C8H18.C4H10/c1-4-6-9(3)7-8-10(11)5-2;1-4-5-6-7-8(2)3;1-3-4-2/h5,7-8,11H,2,4,6H2,1,3H3;8H,4-7H2,1-3H3;3-4H2,1-2H3/b9-7-,10-8+;;. The number of hydrogen-bond donors (Lipinski definition) is 1. The maximum absolute atomic E-state index is 8.97. The van der Waals surface area contributed by atoms with Gasteiger partial charge in [-0.2, -0.15) is 0 Å². The maximum atomic E-state index is 8.97. The van der Waals surface area contributed by atoms with Crippen molar-refractivity contribution in [3.05, 3.63) is 36.1 Å². The Kier molecular flexibility index (Phi) is 27.2. The van der Waals surface area contributed by atoms with Crippen LogP contribution in [0.25, 0.3) is 0 Å². The summed E-state index contributed by atoms with van der Waals surface area (Å²) in [5.41, 5.74) is 1.28. The van der Waals surface area contributed by atoms with Crippen LogP contribution in [0.1, 0.15) is 99.8 Å². The molecule has 0 fully saturated rings. The molecule has 0 atom stereocenters. The summed E-state index contributed by atoms with van der Waals surface area (Å²) < 4.78 is 0. The molecule has 0 spiro atoms. The van der Waals surface area contributed by atoms with E-state index in [0.29, 0.717) is 0 Å². The summed E-state index contributed by atoms with van der Waals surface area (Å²) in [5.74, 6) is 1.13. The highest BCUT2D eigenvalue weighted by atomic mass is 16.3. The van der Waals surface area contributed by atoms with Crippen molar-refractivity contribution in [1.82, 2.24) is 0 Å². The van der Waals surface area contributed by atoms with E-state index in [4.69, 9.17) is 5.11 Å². The van der Waals surface area contributed by atoms with Crippen LogP contribution in [0.3, 0.4) is 0 Å². The van der Waals surface area contributed by atoms with Crippen molar-refractivity contribution in [2.45, 2.75) is 99.8 Å². The van der Waals surface area contributed by atoms with E-state index < -0.39 is 0 Å². The largest absolute Gasteiger partial charge is 0.508 e. The van der Waals surface area contributed by atoms with E-state index in [9.17, 15) is 0 Å². The van der Waals surface area contributed by atoms with Gasteiger partial charge in [0.2, 0.25) is 0 Å². The zero-order valence-corrected chi connectivity index (χ0v) is 17.1. The van der Waals surface area contributed by atoms with E-state index >= 15 is 0 Å². The highest BCUT2D eigenvalue weighted by molar-refractivity contribution is 5.18. The summed E-state index contributed by atoms with van der Waals surface area (Å²) >= 11 is 0. The summed E-state index contributed by atoms with van der Waals surface area (Å²) in [6.07, 6.45) is 15.5. The Morgan fingerprint density at radius 2 is 1.48 bits per heavy atom. The van der Waals surface area contributed by atoms with Crippen molar-refractivity contribution in [3.63, 3.8) is 0 Å². The quantitative estimate of drug-likeness (QED) is 0.256. The molecule has 0 radical (unpaired) electrons. The predicted molar refractivity (Wildman–Crippen MR) is 109 cm³/mol. The zero-order valence-electron chi connectivity index (χ0n) is 17.1. The molecule has 0 bridgehead atoms. The van der Waals surface area contributed by atoms with E-state index in [0.717, 1.165) is 18.8 Å². The molecule has 0 unspecified atom stereocenters. The molecule has 1 heteroatoms. The molecule has 0 aromatic heterocycles. The Bertz CT molecular complexity index is 282. The molecule has 0 saturated heterocycles. The molecule has 0 aliphatic carbocycles. The smallest absolute Gasteiger partial charge is 0.114 e. The van der Waals surface area contributed by atoms with Crippen molar-refractivity contribution >= 4 is 0 Å². The summed E-state index contributed by atoms with van der Waals surface area (Å²) in [4.78, 5) is 0. The number of aliphatic hydroxyl groups is 1. The van der Waals surface area contributed by atoms with Gasteiger partial charge in [-0.25, -0.2) is 0 Å². The number of aliphatic hydroxyl groups excluding tert-OH is 1. The Labute approximate surface area is 147 Å². The van der Waals surface area contributed by atoms with Gasteiger partial charge in [-0.3, -0.25) is 0 Å². The van der Waals surface area contributed by atoms with Crippen LogP contribution < -0.4 is 0 Å². The van der Waals surface area contributed by atoms with Crippen LogP contribution in [0.15, 0.2) is 36.1 Å². The molecule has 138 valence electrons. The zero-order chi connectivity index (χ0) is 18.5. The Morgan fingerprint density at radius 3 is 1.83 bits per heavy atom. The van der Waals surface area contributed by atoms with Crippen molar-refractivity contribution in [1.29, 1.82) is 0 Å². The number of rotatable bonds is 9. The molecular formula is C22H44O. The number of unbranched alkanes of at least 4 members (excludes halogenated alkanes) is 3. The van der Waals surface area contributed by atoms with E-state index in [2.05, 4.69) is 55.0 Å². The third-order valence-electron chi connectivity index (χ3n) is 3.28. The van der Waals surface area contributed by atoms with Crippen LogP contribution in [0.5, 0.6) is 0 Å². The summed E-state index contributed by atoms with van der Waals surface area (Å²) in [5, 5.41) is 8.97. The lowest BCUT2D eigenvalue weighted by Gasteiger charge is -2.00. The fourth-order valence-corrected chi connectivity index (χ4v) is 1.58. The minimum absolute atomic E-state index is 0.223. The fraction of sp³-hybridized carbons (Fsp3) is 0.727. The molecule has 0 heterocycles. The van der Waals surface area contributed by atoms with Crippen LogP contribution in [-0.2, 0) is 0 Å². The highest BCUT2D eigenvalue weighted by Gasteiger charge is 1.90. The van der Waals surface area contributed by atoms with Crippen molar-refractivity contribution in [2.75, 3.05) is 0 Å². The summed E-state index contributed by atoms with van der Waals surface area (Å²) in [6.45, 7) is 18.8. The third-order valence-corrected chi connectivity index (χ3v) is 3.28. The van der Waals surface area contributed by atoms with E-state index in [1.807, 2.05) is 6.08 Å². The first kappa shape index (κ1) is 26.9. The lowest BCUT2D eigenvalue weighted by Crippen LogP contribution is -1.85. The van der Waals surface area contributed by atoms with Crippen LogP contribution in [0.4, 0.5) is 0 Å². The van der Waals surface area contributed by atoms with Gasteiger partial charge in [0.1, 0.15) is 5.76 Å². The summed E-state index contributed by atoms with van der Waals surface area (Å²) in [7, 11) is 0. The molecule has 1 nitrogen and oxygen atoms in total. The average Bonchev–Trinajstić information content (AvgIpc) is 2.53. The van der Waals surface area contributed by atoms with Gasteiger partial charge in [0.15, 0.2) is 0 Å². The number of hydrogen-bond acceptors (Lipinski definition) is 1. The molecule has 1 N–H and O–H groups in total. The molecular weight excluding hydrogens is 280 g/mol. The number of allylic oxidation sites excluding steroid dienone is 4. The van der Waals surface area contributed by atoms with Crippen molar-refractivity contribution < 1.29 is 5.11 Å². The minimum atomic E-state index is 0.223. The van der Waals surface area contributed by atoms with E-state index in [-0.39, 0.29) is 5.76 Å². The first-order valence-corrected chi connectivity index (χ1v) is 9.58. The SMILES string of the molecule is C=C/C(O)=C\C=C(\C)CCC.CCCC.CCCCCC(C)C. The lowest BCUT2D eigenvalue weighted by molar-refractivity contribution is 0.433. The molecule has 0 aromatic rings. The Hall–Kier alpha value is -0.980. The van der Waals surface area contributed by atoms with Crippen molar-refractivity contribution in [2.24, 2.45) is 5.92 Å². The molecule has 0 rings (SSSR count). The lowest BCUT2D eigenvalue weighted by atomic mass is 10.1. The second kappa shape index (κ2) is 23.3. The van der Waals surface area contributed by atoms with Gasteiger partial charge in [-0.1, -0.05) is 105 Å². The van der Waals surface area contributed by atoms with Gasteiger partial charge in [0.05, 0.1) is 0 Å². The predicted octanol–water partition coefficient (Wildman–Crippen LogP) is 8.39. The molecule has 0 aliphatic rings. The van der Waals surface area contributed by atoms with Gasteiger partial charge in [0.25, 0.3) is 0 Å². The molecule has 0 saturated carbocycles. The minimum Gasteiger partial charge on any atom is -0.508 e. The van der Waals surface area contributed by atoms with Crippen LogP contribution in [-0.4, -0.2) is 5.11 Å². The monoisotopic (exact) mass is 324 g/mol. The topological polar surface area (TPSA) is 20.2 Å². The van der Waals surface area contributed by atoms with Gasteiger partial charge in [-0.05, 0) is 31.4 Å². The molecule has 0 aliphatic heterocycles. The normalized spacial score (nSPS) is 11.3. The maximum Gasteiger partial charge on any atom is 0.114 e. The van der Waals surface area contributed by atoms with Crippen LogP contribution in [0, 0.1) is 5.92 Å². The molecule has 23 heavy (non-hydrogen) atoms. The van der Waals surface area contributed by atoms with Crippen molar-refractivity contribution in [3.8, 4) is 0 Å². The highest BCUT2D eigenvalue weighted by Crippen LogP contribution is 2.06. The third kappa shape index (κ3) is 33.7. The van der Waals surface area contributed by atoms with Gasteiger partial charge >= 0.3 is 0 Å². The first-order chi connectivity index (χ1) is 10.9. The second-order valence-corrected chi connectivity index (χ2v) is 6.45. The average molecular weight is 325 g/mol. The fourth-order valence-electron chi connectivity index (χ4n) is 1.58. The molecule has 0 aromatic carbocycles. The Balaban J connectivity index is -0.000000292. The van der Waals surface area contributed by atoms with Gasteiger partial charge in [0, 0.05) is 0 Å². The van der Waals surface area contributed by atoms with E-state index in [1.54, 1.807) is 6.08 Å². The van der Waals surface area contributed by atoms with Gasteiger partial charge in [-0.15, -0.1) is 0 Å². The van der Waals surface area contributed by atoms with Crippen LogP contribution >= 0.6 is 0 Å².